The van der Waals surface area contributed by atoms with E-state index in [1.54, 1.807) is 5.19 Å². The van der Waals surface area contributed by atoms with Crippen LogP contribution in [0.1, 0.15) is 24.0 Å². The lowest BCUT2D eigenvalue weighted by atomic mass is 10.1. The van der Waals surface area contributed by atoms with Gasteiger partial charge in [-0.2, -0.15) is 0 Å². The highest BCUT2D eigenvalue weighted by molar-refractivity contribution is 6.62. The second kappa shape index (κ2) is 7.46. The fourth-order valence-corrected chi connectivity index (χ4v) is 6.19. The van der Waals surface area contributed by atoms with Gasteiger partial charge in [-0.1, -0.05) is 76.9 Å². The zero-order valence-corrected chi connectivity index (χ0v) is 15.5. The Morgan fingerprint density at radius 3 is 2.37 bits per heavy atom. The van der Waals surface area contributed by atoms with Crippen molar-refractivity contribution in [2.75, 3.05) is 0 Å². The van der Waals surface area contributed by atoms with E-state index in [-0.39, 0.29) is 9.52 Å². The van der Waals surface area contributed by atoms with E-state index in [9.17, 15) is 0 Å². The van der Waals surface area contributed by atoms with Gasteiger partial charge in [0.25, 0.3) is 0 Å². The molecule has 2 heteroatoms. The number of aryl methyl sites for hydroxylation is 2. The average molecular weight is 285 g/mol. The van der Waals surface area contributed by atoms with E-state index in [0.717, 1.165) is 5.16 Å². The minimum atomic E-state index is -0.0319. The fourth-order valence-electron chi connectivity index (χ4n) is 2.53. The molecule has 0 amide bonds. The Morgan fingerprint density at radius 2 is 1.68 bits per heavy atom. The van der Waals surface area contributed by atoms with Crippen molar-refractivity contribution in [2.45, 2.75) is 31.4 Å². The molecule has 1 unspecified atom stereocenters. The molecular weight excluding hydrogens is 260 g/mol. The monoisotopic (exact) mass is 284 g/mol. The van der Waals surface area contributed by atoms with Crippen LogP contribution in [0.2, 0.25) is 5.16 Å². The zero-order chi connectivity index (χ0) is 13.5. The minimum absolute atomic E-state index is 0.0319. The van der Waals surface area contributed by atoms with Gasteiger partial charge in [0.15, 0.2) is 0 Å². The largest absolute Gasteiger partial charge is 0.0670 e. The topological polar surface area (TPSA) is 0 Å². The van der Waals surface area contributed by atoms with Crippen LogP contribution in [0.5, 0.6) is 0 Å². The van der Waals surface area contributed by atoms with Gasteiger partial charge in [0, 0.05) is 10.2 Å². The summed E-state index contributed by atoms with van der Waals surface area (Å²) in [6, 6.07) is 20.1. The molecule has 0 aliphatic rings. The molecule has 0 bridgehead atoms. The highest BCUT2D eigenvalue weighted by Crippen LogP contribution is 2.12. The first kappa shape index (κ1) is 14.3. The summed E-state index contributed by atoms with van der Waals surface area (Å²) in [6.07, 6.45) is 4.04. The molecule has 0 spiro atoms. The number of benzene rings is 2. The van der Waals surface area contributed by atoms with Gasteiger partial charge < -0.3 is 0 Å². The van der Waals surface area contributed by atoms with Crippen molar-refractivity contribution in [3.63, 3.8) is 0 Å². The van der Waals surface area contributed by atoms with E-state index >= 15 is 0 Å². The SMILES string of the molecule is Cc1ccc(CCCC([SiH3])[SiH2]c2ccccc2)cc1. The molecule has 1 atom stereocenters. The Hall–Kier alpha value is -1.13. The number of hydrogen-bond donors (Lipinski definition) is 0. The molecule has 0 saturated carbocycles. The van der Waals surface area contributed by atoms with Crippen LogP contribution < -0.4 is 5.19 Å². The maximum Gasteiger partial charge on any atom is 0.0544 e. The van der Waals surface area contributed by atoms with E-state index < -0.39 is 0 Å². The van der Waals surface area contributed by atoms with Gasteiger partial charge in [-0.15, -0.1) is 0 Å². The van der Waals surface area contributed by atoms with Gasteiger partial charge in [0.1, 0.15) is 0 Å². The molecule has 100 valence electrons. The molecule has 19 heavy (non-hydrogen) atoms. The Bertz CT molecular complexity index is 476. The molecule has 0 aliphatic carbocycles. The van der Waals surface area contributed by atoms with Crippen molar-refractivity contribution in [2.24, 2.45) is 0 Å². The molecule has 0 aromatic heterocycles. The summed E-state index contributed by atoms with van der Waals surface area (Å²) in [5.41, 5.74) is 2.86. The number of hydrogen-bond acceptors (Lipinski definition) is 0. The number of rotatable bonds is 6. The lowest BCUT2D eigenvalue weighted by Crippen LogP contribution is -2.19. The van der Waals surface area contributed by atoms with Gasteiger partial charge in [-0.05, 0) is 25.3 Å². The maximum absolute atomic E-state index is 2.32. The third kappa shape index (κ3) is 5.17. The second-order valence-electron chi connectivity index (χ2n) is 5.67. The average Bonchev–Trinajstić information content (AvgIpc) is 2.42. The Balaban J connectivity index is 1.72. The third-order valence-electron chi connectivity index (χ3n) is 3.71. The van der Waals surface area contributed by atoms with E-state index in [0.29, 0.717) is 0 Å². The first-order valence-corrected chi connectivity index (χ1v) is 10.0. The van der Waals surface area contributed by atoms with Crippen LogP contribution in [0.4, 0.5) is 0 Å². The summed E-state index contributed by atoms with van der Waals surface area (Å²) in [4.78, 5) is 0. The molecule has 2 aromatic rings. The highest BCUT2D eigenvalue weighted by atomic mass is 28.2. The predicted molar refractivity (Wildman–Crippen MR) is 92.4 cm³/mol. The Kier molecular flexibility index (Phi) is 5.61. The smallest absolute Gasteiger partial charge is 0.0544 e. The molecule has 2 rings (SSSR count). The summed E-state index contributed by atoms with van der Waals surface area (Å²) in [6.45, 7) is 2.16. The van der Waals surface area contributed by atoms with Crippen molar-refractivity contribution in [1.82, 2.24) is 0 Å². The summed E-state index contributed by atoms with van der Waals surface area (Å²) >= 11 is 0. The van der Waals surface area contributed by atoms with Crippen molar-refractivity contribution in [3.05, 3.63) is 65.7 Å². The Labute approximate surface area is 122 Å². The second-order valence-corrected chi connectivity index (χ2v) is 11.6. The van der Waals surface area contributed by atoms with Crippen LogP contribution >= 0.6 is 0 Å². The van der Waals surface area contributed by atoms with E-state index in [4.69, 9.17) is 0 Å². The fraction of sp³-hybridized carbons (Fsp3) is 0.294. The van der Waals surface area contributed by atoms with E-state index in [1.807, 2.05) is 0 Å². The minimum Gasteiger partial charge on any atom is -0.0670 e. The summed E-state index contributed by atoms with van der Waals surface area (Å²) < 4.78 is 0. The lowest BCUT2D eigenvalue weighted by molar-refractivity contribution is 0.770. The van der Waals surface area contributed by atoms with Crippen LogP contribution in [0.3, 0.4) is 0 Å². The quantitative estimate of drug-likeness (QED) is 0.711. The van der Waals surface area contributed by atoms with Gasteiger partial charge in [0.05, 0.1) is 9.52 Å². The highest BCUT2D eigenvalue weighted by Gasteiger charge is 2.04. The molecule has 0 N–H and O–H groups in total. The zero-order valence-electron chi connectivity index (χ0n) is 12.1. The lowest BCUT2D eigenvalue weighted by Gasteiger charge is -2.10. The first-order valence-electron chi connectivity index (χ1n) is 7.33. The van der Waals surface area contributed by atoms with E-state index in [2.05, 4.69) is 61.5 Å². The van der Waals surface area contributed by atoms with E-state index in [1.165, 1.54) is 40.6 Å². The Morgan fingerprint density at radius 1 is 1.00 bits per heavy atom. The third-order valence-corrected chi connectivity index (χ3v) is 7.56. The molecule has 0 saturated heterocycles. The molecular formula is C17H24Si2. The normalized spacial score (nSPS) is 13.1. The van der Waals surface area contributed by atoms with Crippen LogP contribution in [-0.4, -0.2) is 19.8 Å². The molecule has 0 fully saturated rings. The van der Waals surface area contributed by atoms with Crippen LogP contribution in [0.15, 0.2) is 54.6 Å². The maximum atomic E-state index is 2.32. The van der Waals surface area contributed by atoms with Crippen molar-refractivity contribution >= 4 is 24.9 Å². The predicted octanol–water partition coefficient (Wildman–Crippen LogP) is 1.92. The molecule has 0 nitrogen and oxygen atoms in total. The van der Waals surface area contributed by atoms with Gasteiger partial charge in [-0.3, -0.25) is 0 Å². The van der Waals surface area contributed by atoms with Crippen LogP contribution in [0, 0.1) is 6.92 Å². The molecule has 0 heterocycles. The van der Waals surface area contributed by atoms with Crippen molar-refractivity contribution in [1.29, 1.82) is 0 Å². The molecule has 0 radical (unpaired) electrons. The summed E-state index contributed by atoms with van der Waals surface area (Å²) in [5, 5.41) is 2.69. The molecule has 0 aliphatic heterocycles. The van der Waals surface area contributed by atoms with Crippen molar-refractivity contribution < 1.29 is 0 Å². The van der Waals surface area contributed by atoms with Gasteiger partial charge >= 0.3 is 0 Å². The summed E-state index contributed by atoms with van der Waals surface area (Å²) in [5.74, 6) is 0. The first-order chi connectivity index (χ1) is 9.24. The van der Waals surface area contributed by atoms with Gasteiger partial charge in [0.2, 0.25) is 0 Å². The summed E-state index contributed by atoms with van der Waals surface area (Å²) in [7, 11) is 1.33. The molecule has 2 aromatic carbocycles. The van der Waals surface area contributed by atoms with Crippen LogP contribution in [0.25, 0.3) is 0 Å². The van der Waals surface area contributed by atoms with Crippen LogP contribution in [-0.2, 0) is 6.42 Å². The van der Waals surface area contributed by atoms with Crippen molar-refractivity contribution in [3.8, 4) is 0 Å². The van der Waals surface area contributed by atoms with Gasteiger partial charge in [-0.25, -0.2) is 0 Å². The standard InChI is InChI=1S/C17H24Si2/c1-14-10-12-15(13-11-14)6-5-9-17(18)19-16-7-3-2-4-8-16/h2-4,7-8,10-13,17H,5-6,9,19H2,1,18H3.